The third kappa shape index (κ3) is 2.89. The van der Waals surface area contributed by atoms with Crippen LogP contribution in [0.4, 0.5) is 11.4 Å². The molecule has 0 saturated carbocycles. The first-order valence-corrected chi connectivity index (χ1v) is 8.31. The van der Waals surface area contributed by atoms with Gasteiger partial charge in [0, 0.05) is 55.8 Å². The molecule has 2 aromatic heterocycles. The van der Waals surface area contributed by atoms with E-state index in [1.54, 1.807) is 11.3 Å². The van der Waals surface area contributed by atoms with E-state index in [-0.39, 0.29) is 0 Å². The molecule has 0 aliphatic rings. The van der Waals surface area contributed by atoms with Crippen molar-refractivity contribution < 1.29 is 0 Å². The summed E-state index contributed by atoms with van der Waals surface area (Å²) in [6.07, 6.45) is 1.86. The fraction of sp³-hybridized carbons (Fsp3) is 0.188. The molecule has 5 heteroatoms. The predicted molar refractivity (Wildman–Crippen MR) is 95.0 cm³/mol. The van der Waals surface area contributed by atoms with Crippen molar-refractivity contribution in [3.05, 3.63) is 50.9 Å². The smallest absolute Gasteiger partial charge is 0.0520 e. The van der Waals surface area contributed by atoms with Crippen LogP contribution < -0.4 is 10.6 Å². The molecule has 0 aliphatic carbocycles. The number of benzene rings is 1. The maximum atomic E-state index is 6.07. The Morgan fingerprint density at radius 1 is 1.29 bits per heavy atom. The first-order valence-electron chi connectivity index (χ1n) is 6.63. The van der Waals surface area contributed by atoms with E-state index in [1.165, 1.54) is 10.6 Å². The number of aryl methyl sites for hydroxylation is 1. The lowest BCUT2D eigenvalue weighted by Gasteiger charge is -2.21. The fourth-order valence-electron chi connectivity index (χ4n) is 2.44. The van der Waals surface area contributed by atoms with Crippen LogP contribution in [0.5, 0.6) is 0 Å². The summed E-state index contributed by atoms with van der Waals surface area (Å²) in [6, 6.07) is 8.30. The number of hydrogen-bond donors (Lipinski definition) is 1. The van der Waals surface area contributed by atoms with Crippen LogP contribution in [0.2, 0.25) is 0 Å². The van der Waals surface area contributed by atoms with Gasteiger partial charge in [-0.3, -0.25) is 4.98 Å². The van der Waals surface area contributed by atoms with Crippen molar-refractivity contribution in [3.63, 3.8) is 0 Å². The molecule has 0 amide bonds. The molecule has 0 aliphatic heterocycles. The van der Waals surface area contributed by atoms with E-state index in [2.05, 4.69) is 56.4 Å². The minimum Gasteiger partial charge on any atom is -0.398 e. The molecule has 0 saturated heterocycles. The van der Waals surface area contributed by atoms with Crippen molar-refractivity contribution in [2.45, 2.75) is 13.5 Å². The summed E-state index contributed by atoms with van der Waals surface area (Å²) < 4.78 is 1.14. The molecular formula is C16H16BrN3S. The number of nitrogens with two attached hydrogens (primary N) is 1. The highest BCUT2D eigenvalue weighted by Crippen LogP contribution is 2.32. The summed E-state index contributed by atoms with van der Waals surface area (Å²) in [5, 5.41) is 4.27. The molecule has 0 radical (unpaired) electrons. The first-order chi connectivity index (χ1) is 10.0. The van der Waals surface area contributed by atoms with Gasteiger partial charge < -0.3 is 10.6 Å². The average Bonchev–Trinajstić information content (AvgIpc) is 2.84. The fourth-order valence-corrected chi connectivity index (χ4v) is 3.94. The largest absolute Gasteiger partial charge is 0.398 e. The summed E-state index contributed by atoms with van der Waals surface area (Å²) in [5.74, 6) is 0. The second-order valence-corrected chi connectivity index (χ2v) is 7.04. The molecule has 0 atom stereocenters. The summed E-state index contributed by atoms with van der Waals surface area (Å²) in [5.41, 5.74) is 9.02. The van der Waals surface area contributed by atoms with Gasteiger partial charge >= 0.3 is 0 Å². The molecule has 2 heterocycles. The summed E-state index contributed by atoms with van der Waals surface area (Å²) in [7, 11) is 2.11. The minimum atomic E-state index is 0.772. The van der Waals surface area contributed by atoms with E-state index in [0.717, 1.165) is 33.2 Å². The van der Waals surface area contributed by atoms with Crippen LogP contribution in [-0.2, 0) is 6.54 Å². The number of hydrogen-bond acceptors (Lipinski definition) is 4. The lowest BCUT2D eigenvalue weighted by molar-refractivity contribution is 0.945. The van der Waals surface area contributed by atoms with E-state index in [1.807, 2.05) is 19.2 Å². The highest BCUT2D eigenvalue weighted by Gasteiger charge is 2.10. The van der Waals surface area contributed by atoms with E-state index < -0.39 is 0 Å². The van der Waals surface area contributed by atoms with Crippen molar-refractivity contribution >= 4 is 49.4 Å². The average molecular weight is 362 g/mol. The standard InChI is InChI=1S/C16H16BrN3S/c1-10-5-13-14(7-19-10)15(18)3-4-16(13)20(2)8-12-6-11(17)9-21-12/h3-7,9H,8,18H2,1-2H3. The van der Waals surface area contributed by atoms with Crippen LogP contribution >= 0.6 is 27.3 Å². The van der Waals surface area contributed by atoms with Crippen LogP contribution in [0.1, 0.15) is 10.6 Å². The number of aromatic nitrogens is 1. The SMILES string of the molecule is Cc1cc2c(N(C)Cc3cc(Br)cs3)ccc(N)c2cn1. The van der Waals surface area contributed by atoms with Gasteiger partial charge in [0.1, 0.15) is 0 Å². The van der Waals surface area contributed by atoms with Crippen molar-refractivity contribution in [3.8, 4) is 0 Å². The molecule has 0 unspecified atom stereocenters. The minimum absolute atomic E-state index is 0.772. The van der Waals surface area contributed by atoms with Crippen molar-refractivity contribution in [1.82, 2.24) is 4.98 Å². The zero-order chi connectivity index (χ0) is 15.0. The van der Waals surface area contributed by atoms with Gasteiger partial charge in [-0.2, -0.15) is 0 Å². The highest BCUT2D eigenvalue weighted by molar-refractivity contribution is 9.10. The highest BCUT2D eigenvalue weighted by atomic mass is 79.9. The van der Waals surface area contributed by atoms with E-state index in [9.17, 15) is 0 Å². The van der Waals surface area contributed by atoms with Gasteiger partial charge in [0.05, 0.1) is 6.54 Å². The second kappa shape index (κ2) is 5.66. The Balaban J connectivity index is 2.03. The molecule has 21 heavy (non-hydrogen) atoms. The Morgan fingerprint density at radius 2 is 2.10 bits per heavy atom. The topological polar surface area (TPSA) is 42.1 Å². The Bertz CT molecular complexity index is 797. The molecule has 3 nitrogen and oxygen atoms in total. The molecule has 3 rings (SSSR count). The van der Waals surface area contributed by atoms with E-state index in [0.29, 0.717) is 0 Å². The van der Waals surface area contributed by atoms with E-state index >= 15 is 0 Å². The van der Waals surface area contributed by atoms with Gasteiger partial charge in [-0.1, -0.05) is 0 Å². The lowest BCUT2D eigenvalue weighted by atomic mass is 10.1. The van der Waals surface area contributed by atoms with Gasteiger partial charge in [-0.25, -0.2) is 0 Å². The van der Waals surface area contributed by atoms with Crippen LogP contribution in [0.3, 0.4) is 0 Å². The Hall–Kier alpha value is -1.59. The molecule has 0 fully saturated rings. The molecule has 1 aromatic carbocycles. The Labute approximate surface area is 136 Å². The second-order valence-electron chi connectivity index (χ2n) is 5.13. The summed E-state index contributed by atoms with van der Waals surface area (Å²) in [4.78, 5) is 7.92. The number of thiophene rings is 1. The van der Waals surface area contributed by atoms with Crippen LogP contribution in [0.15, 0.2) is 40.3 Å². The van der Waals surface area contributed by atoms with Crippen LogP contribution in [0.25, 0.3) is 10.8 Å². The number of anilines is 2. The third-order valence-electron chi connectivity index (χ3n) is 3.47. The van der Waals surface area contributed by atoms with Crippen molar-refractivity contribution in [2.24, 2.45) is 0 Å². The normalized spacial score (nSPS) is 11.0. The molecule has 3 aromatic rings. The Morgan fingerprint density at radius 3 is 2.81 bits per heavy atom. The van der Waals surface area contributed by atoms with E-state index in [4.69, 9.17) is 5.73 Å². The number of nitrogens with zero attached hydrogens (tertiary/aromatic N) is 2. The number of rotatable bonds is 3. The molecular weight excluding hydrogens is 346 g/mol. The van der Waals surface area contributed by atoms with Gasteiger partial charge in [0.25, 0.3) is 0 Å². The zero-order valence-corrected chi connectivity index (χ0v) is 14.3. The molecule has 0 spiro atoms. The molecule has 108 valence electrons. The number of halogens is 1. The molecule has 2 N–H and O–H groups in total. The number of nitrogen functional groups attached to an aromatic ring is 1. The maximum Gasteiger partial charge on any atom is 0.0520 e. The number of fused-ring (bicyclic) bond motifs is 1. The third-order valence-corrected chi connectivity index (χ3v) is 5.16. The Kier molecular flexibility index (Phi) is 3.87. The van der Waals surface area contributed by atoms with Crippen molar-refractivity contribution in [1.29, 1.82) is 0 Å². The van der Waals surface area contributed by atoms with Gasteiger partial charge in [-0.05, 0) is 47.1 Å². The quantitative estimate of drug-likeness (QED) is 0.693. The van der Waals surface area contributed by atoms with Crippen LogP contribution in [-0.4, -0.2) is 12.0 Å². The zero-order valence-electron chi connectivity index (χ0n) is 11.9. The lowest BCUT2D eigenvalue weighted by Crippen LogP contribution is -2.16. The van der Waals surface area contributed by atoms with Gasteiger partial charge in [-0.15, -0.1) is 11.3 Å². The maximum absolute atomic E-state index is 6.07. The van der Waals surface area contributed by atoms with Crippen molar-refractivity contribution in [2.75, 3.05) is 17.7 Å². The van der Waals surface area contributed by atoms with Gasteiger partial charge in [0.2, 0.25) is 0 Å². The summed E-state index contributed by atoms with van der Waals surface area (Å²) in [6.45, 7) is 2.87. The predicted octanol–water partition coefficient (Wildman–Crippen LogP) is 4.59. The monoisotopic (exact) mass is 361 g/mol. The van der Waals surface area contributed by atoms with Gasteiger partial charge in [0.15, 0.2) is 0 Å². The number of pyridine rings is 1. The summed E-state index contributed by atoms with van der Waals surface area (Å²) >= 11 is 5.26. The first kappa shape index (κ1) is 14.4. The van der Waals surface area contributed by atoms with Crippen LogP contribution in [0, 0.1) is 6.92 Å². The molecule has 0 bridgehead atoms.